The summed E-state index contributed by atoms with van der Waals surface area (Å²) in [5.74, 6) is -2.43. The molecular weight excluding hydrogens is 268 g/mol. The number of nitrogens with two attached hydrogens (primary N) is 1. The van der Waals surface area contributed by atoms with Gasteiger partial charge in [0, 0.05) is 16.5 Å². The van der Waals surface area contributed by atoms with Gasteiger partial charge < -0.3 is 10.5 Å². The summed E-state index contributed by atoms with van der Waals surface area (Å²) in [6, 6.07) is 4.89. The third kappa shape index (κ3) is 1.54. The fourth-order valence-electron chi connectivity index (χ4n) is 1.63. The molecule has 15 heavy (non-hydrogen) atoms. The van der Waals surface area contributed by atoms with Crippen molar-refractivity contribution in [2.45, 2.75) is 17.9 Å². The van der Waals surface area contributed by atoms with Crippen LogP contribution >= 0.6 is 15.9 Å². The van der Waals surface area contributed by atoms with E-state index in [1.807, 2.05) is 0 Å². The Labute approximate surface area is 94.5 Å². The Bertz CT molecular complexity index is 410. The number of rotatable bonds is 2. The number of hydrogen-bond donors (Lipinski definition) is 1. The summed E-state index contributed by atoms with van der Waals surface area (Å²) in [5, 5.41) is 0. The van der Waals surface area contributed by atoms with Crippen LogP contribution in [0.4, 0.5) is 8.78 Å². The Morgan fingerprint density at radius 3 is 2.53 bits per heavy atom. The lowest BCUT2D eigenvalue weighted by molar-refractivity contribution is 0.0884. The van der Waals surface area contributed by atoms with Crippen LogP contribution in [-0.2, 0) is 5.54 Å². The number of ether oxygens (including phenoxy) is 1. The molecule has 82 valence electrons. The van der Waals surface area contributed by atoms with Gasteiger partial charge in [-0.3, -0.25) is 0 Å². The molecule has 0 radical (unpaired) electrons. The van der Waals surface area contributed by atoms with E-state index in [-0.39, 0.29) is 6.42 Å². The second-order valence-corrected chi connectivity index (χ2v) is 4.61. The first kappa shape index (κ1) is 10.8. The van der Waals surface area contributed by atoms with Crippen LogP contribution in [0.15, 0.2) is 22.7 Å². The highest BCUT2D eigenvalue weighted by Gasteiger charge is 2.70. The van der Waals surface area contributed by atoms with Crippen LogP contribution in [0, 0.1) is 0 Å². The fraction of sp³-hybridized carbons (Fsp3) is 0.400. The molecule has 2 rings (SSSR count). The first-order valence-corrected chi connectivity index (χ1v) is 5.21. The van der Waals surface area contributed by atoms with Crippen LogP contribution in [0.2, 0.25) is 0 Å². The molecule has 1 saturated carbocycles. The van der Waals surface area contributed by atoms with Gasteiger partial charge in [0.1, 0.15) is 11.3 Å². The fourth-order valence-corrected chi connectivity index (χ4v) is 1.97. The Kier molecular flexibility index (Phi) is 2.28. The molecular formula is C10H10BrF2NO. The van der Waals surface area contributed by atoms with E-state index in [0.29, 0.717) is 11.3 Å². The third-order valence-corrected chi connectivity index (χ3v) is 3.17. The highest BCUT2D eigenvalue weighted by Crippen LogP contribution is 2.59. The second kappa shape index (κ2) is 3.15. The van der Waals surface area contributed by atoms with Gasteiger partial charge in [-0.05, 0) is 12.1 Å². The van der Waals surface area contributed by atoms with Gasteiger partial charge in [-0.25, -0.2) is 8.78 Å². The molecule has 1 unspecified atom stereocenters. The zero-order valence-corrected chi connectivity index (χ0v) is 9.64. The van der Waals surface area contributed by atoms with Crippen molar-refractivity contribution in [2.24, 2.45) is 5.73 Å². The van der Waals surface area contributed by atoms with Gasteiger partial charge in [0.05, 0.1) is 7.11 Å². The maximum atomic E-state index is 13.1. The maximum Gasteiger partial charge on any atom is 0.272 e. The van der Waals surface area contributed by atoms with Crippen molar-refractivity contribution in [3.63, 3.8) is 0 Å². The van der Waals surface area contributed by atoms with E-state index in [1.54, 1.807) is 18.2 Å². The van der Waals surface area contributed by atoms with E-state index < -0.39 is 11.5 Å². The molecule has 2 nitrogen and oxygen atoms in total. The van der Waals surface area contributed by atoms with Crippen LogP contribution < -0.4 is 10.5 Å². The quantitative estimate of drug-likeness (QED) is 0.902. The van der Waals surface area contributed by atoms with E-state index in [2.05, 4.69) is 15.9 Å². The molecule has 1 aromatic rings. The summed E-state index contributed by atoms with van der Waals surface area (Å²) in [5.41, 5.74) is 4.43. The van der Waals surface area contributed by atoms with E-state index in [4.69, 9.17) is 10.5 Å². The molecule has 5 heteroatoms. The molecule has 0 bridgehead atoms. The van der Waals surface area contributed by atoms with Crippen LogP contribution in [-0.4, -0.2) is 13.0 Å². The molecule has 1 fully saturated rings. The Balaban J connectivity index is 2.46. The van der Waals surface area contributed by atoms with Crippen molar-refractivity contribution in [1.29, 1.82) is 0 Å². The van der Waals surface area contributed by atoms with Crippen molar-refractivity contribution < 1.29 is 13.5 Å². The summed E-state index contributed by atoms with van der Waals surface area (Å²) in [6.45, 7) is 0. The van der Waals surface area contributed by atoms with E-state index >= 15 is 0 Å². The molecule has 0 spiro atoms. The van der Waals surface area contributed by atoms with Crippen LogP contribution in [0.5, 0.6) is 5.75 Å². The van der Waals surface area contributed by atoms with Gasteiger partial charge >= 0.3 is 0 Å². The van der Waals surface area contributed by atoms with Gasteiger partial charge in [0.15, 0.2) is 0 Å². The Morgan fingerprint density at radius 2 is 2.07 bits per heavy atom. The van der Waals surface area contributed by atoms with Crippen LogP contribution in [0.3, 0.4) is 0 Å². The molecule has 1 atom stereocenters. The lowest BCUT2D eigenvalue weighted by Crippen LogP contribution is -2.27. The first-order valence-electron chi connectivity index (χ1n) is 4.41. The monoisotopic (exact) mass is 277 g/mol. The number of benzene rings is 1. The van der Waals surface area contributed by atoms with Crippen molar-refractivity contribution in [3.8, 4) is 5.75 Å². The van der Waals surface area contributed by atoms with Crippen LogP contribution in [0.25, 0.3) is 0 Å². The minimum Gasteiger partial charge on any atom is -0.496 e. The summed E-state index contributed by atoms with van der Waals surface area (Å²) in [4.78, 5) is 0. The Hall–Kier alpha value is -0.680. The third-order valence-electron chi connectivity index (χ3n) is 2.67. The highest BCUT2D eigenvalue weighted by atomic mass is 79.9. The minimum atomic E-state index is -2.83. The van der Waals surface area contributed by atoms with Gasteiger partial charge in [-0.15, -0.1) is 0 Å². The van der Waals surface area contributed by atoms with Gasteiger partial charge in [0.25, 0.3) is 5.92 Å². The van der Waals surface area contributed by atoms with E-state index in [0.717, 1.165) is 4.47 Å². The van der Waals surface area contributed by atoms with E-state index in [9.17, 15) is 8.78 Å². The molecule has 0 heterocycles. The SMILES string of the molecule is COc1cc(Br)ccc1C1(N)CC1(F)F. The maximum absolute atomic E-state index is 13.1. The normalized spacial score (nSPS) is 27.5. The molecule has 1 aliphatic rings. The van der Waals surface area contributed by atoms with E-state index in [1.165, 1.54) is 7.11 Å². The lowest BCUT2D eigenvalue weighted by Gasteiger charge is -2.15. The van der Waals surface area contributed by atoms with Crippen molar-refractivity contribution in [2.75, 3.05) is 7.11 Å². The van der Waals surface area contributed by atoms with Crippen molar-refractivity contribution in [1.82, 2.24) is 0 Å². The minimum absolute atomic E-state index is 0.321. The van der Waals surface area contributed by atoms with Crippen LogP contribution in [0.1, 0.15) is 12.0 Å². The molecule has 0 amide bonds. The summed E-state index contributed by atoms with van der Waals surface area (Å²) in [7, 11) is 1.44. The summed E-state index contributed by atoms with van der Waals surface area (Å²) in [6.07, 6.45) is -0.321. The number of hydrogen-bond acceptors (Lipinski definition) is 2. The average molecular weight is 278 g/mol. The highest BCUT2D eigenvalue weighted by molar-refractivity contribution is 9.10. The van der Waals surface area contributed by atoms with Gasteiger partial charge in [-0.1, -0.05) is 22.0 Å². The smallest absolute Gasteiger partial charge is 0.272 e. The largest absolute Gasteiger partial charge is 0.496 e. The zero-order chi connectivity index (χ0) is 11.3. The van der Waals surface area contributed by atoms with Crippen molar-refractivity contribution in [3.05, 3.63) is 28.2 Å². The summed E-state index contributed by atoms with van der Waals surface area (Å²) < 4.78 is 32.0. The first-order chi connectivity index (χ1) is 6.90. The molecule has 0 aromatic heterocycles. The lowest BCUT2D eigenvalue weighted by atomic mass is 10.0. The molecule has 1 aromatic carbocycles. The molecule has 0 aliphatic heterocycles. The van der Waals surface area contributed by atoms with Crippen molar-refractivity contribution >= 4 is 15.9 Å². The molecule has 2 N–H and O–H groups in total. The van der Waals surface area contributed by atoms with Gasteiger partial charge in [0.2, 0.25) is 0 Å². The number of alkyl halides is 2. The average Bonchev–Trinajstić information content (AvgIpc) is 2.66. The predicted octanol–water partition coefficient (Wildman–Crippen LogP) is 2.65. The number of methoxy groups -OCH3 is 1. The van der Waals surface area contributed by atoms with Gasteiger partial charge in [-0.2, -0.15) is 0 Å². The topological polar surface area (TPSA) is 35.2 Å². The zero-order valence-electron chi connectivity index (χ0n) is 8.06. The predicted molar refractivity (Wildman–Crippen MR) is 56.1 cm³/mol. The molecule has 1 aliphatic carbocycles. The second-order valence-electron chi connectivity index (χ2n) is 3.70. The number of halogens is 3. The molecule has 0 saturated heterocycles. The standard InChI is InChI=1S/C10H10BrF2NO/c1-15-8-4-6(11)2-3-7(8)9(14)5-10(9,12)13/h2-4H,5,14H2,1H3. The Morgan fingerprint density at radius 1 is 1.47 bits per heavy atom. The summed E-state index contributed by atoms with van der Waals surface area (Å²) >= 11 is 3.24.